The highest BCUT2D eigenvalue weighted by Gasteiger charge is 2.34. The van der Waals surface area contributed by atoms with Crippen LogP contribution in [0.1, 0.15) is 13.3 Å². The van der Waals surface area contributed by atoms with Crippen molar-refractivity contribution in [2.75, 3.05) is 6.54 Å². The van der Waals surface area contributed by atoms with Crippen molar-refractivity contribution in [2.24, 2.45) is 0 Å². The molecule has 1 aliphatic rings. The van der Waals surface area contributed by atoms with Crippen LogP contribution in [-0.4, -0.2) is 39.2 Å². The molecule has 1 heterocycles. The maximum Gasteiger partial charge on any atom is 0.367 e. The minimum absolute atomic E-state index is 0.186. The molecule has 0 saturated carbocycles. The van der Waals surface area contributed by atoms with Gasteiger partial charge in [-0.15, -0.1) is 0 Å². The molecule has 0 radical (unpaired) electrons. The summed E-state index contributed by atoms with van der Waals surface area (Å²) in [4.78, 5) is 10.6. The molecule has 1 aliphatic heterocycles. The van der Waals surface area contributed by atoms with Crippen LogP contribution in [0.15, 0.2) is 0 Å². The van der Waals surface area contributed by atoms with Gasteiger partial charge in [0.2, 0.25) is 0 Å². The number of nitrogens with zero attached hydrogens (tertiary/aromatic N) is 2. The zero-order chi connectivity index (χ0) is 7.72. The average Bonchev–Trinajstić information content (AvgIpc) is 2.17. The normalized spacial score (nSPS) is 26.3. The molecular weight excluding hydrogens is 136 g/mol. The van der Waals surface area contributed by atoms with Crippen molar-refractivity contribution in [3.63, 3.8) is 0 Å². The molecule has 2 N–H and O–H groups in total. The summed E-state index contributed by atoms with van der Waals surface area (Å²) in [6.07, 6.45) is 0.638. The molecule has 0 aromatic carbocycles. The summed E-state index contributed by atoms with van der Waals surface area (Å²) in [5.41, 5.74) is 0. The third-order valence-electron chi connectivity index (χ3n) is 1.62. The molecule has 0 aromatic rings. The van der Waals surface area contributed by atoms with Gasteiger partial charge in [-0.05, 0) is 6.42 Å². The van der Waals surface area contributed by atoms with Crippen LogP contribution in [0.2, 0.25) is 0 Å². The first-order valence-corrected chi connectivity index (χ1v) is 3.15. The number of hydroxylamine groups is 4. The molecule has 1 fully saturated rings. The van der Waals surface area contributed by atoms with Gasteiger partial charge in [-0.25, -0.2) is 9.86 Å². The first kappa shape index (κ1) is 7.30. The van der Waals surface area contributed by atoms with E-state index in [2.05, 4.69) is 0 Å². The molecular formula is C5H10N2O3. The fourth-order valence-corrected chi connectivity index (χ4v) is 0.932. The second-order valence-corrected chi connectivity index (χ2v) is 2.27. The quantitative estimate of drug-likeness (QED) is 0.522. The van der Waals surface area contributed by atoms with Gasteiger partial charge >= 0.3 is 6.03 Å². The van der Waals surface area contributed by atoms with E-state index >= 15 is 0 Å². The lowest BCUT2D eigenvalue weighted by atomic mass is 10.2. The number of amides is 2. The highest BCUT2D eigenvalue weighted by atomic mass is 16.6. The van der Waals surface area contributed by atoms with Gasteiger partial charge in [0.05, 0.1) is 12.6 Å². The Bertz CT molecular complexity index is 150. The van der Waals surface area contributed by atoms with Gasteiger partial charge in [0, 0.05) is 0 Å². The third kappa shape index (κ3) is 0.932. The van der Waals surface area contributed by atoms with E-state index in [1.165, 1.54) is 0 Å². The van der Waals surface area contributed by atoms with E-state index in [4.69, 9.17) is 10.4 Å². The maximum atomic E-state index is 10.6. The fourth-order valence-electron chi connectivity index (χ4n) is 0.932. The number of carbonyl (C=O) groups is 1. The lowest BCUT2D eigenvalue weighted by Gasteiger charge is -2.11. The molecule has 58 valence electrons. The van der Waals surface area contributed by atoms with Crippen molar-refractivity contribution in [2.45, 2.75) is 19.4 Å². The Hall–Kier alpha value is -0.810. The lowest BCUT2D eigenvalue weighted by Crippen LogP contribution is -2.30. The molecule has 10 heavy (non-hydrogen) atoms. The number of carbonyl (C=O) groups excluding carboxylic acids is 1. The summed E-state index contributed by atoms with van der Waals surface area (Å²) in [6.45, 7) is 2.02. The largest absolute Gasteiger partial charge is 0.367 e. The minimum Gasteiger partial charge on any atom is -0.284 e. The Morgan fingerprint density at radius 2 is 2.30 bits per heavy atom. The molecule has 0 aliphatic carbocycles. The number of rotatable bonds is 1. The first-order chi connectivity index (χ1) is 4.66. The van der Waals surface area contributed by atoms with Gasteiger partial charge < -0.3 is 0 Å². The molecule has 1 saturated heterocycles. The molecule has 1 atom stereocenters. The van der Waals surface area contributed by atoms with Gasteiger partial charge in [0.1, 0.15) is 0 Å². The van der Waals surface area contributed by atoms with E-state index in [-0.39, 0.29) is 12.6 Å². The van der Waals surface area contributed by atoms with Crippen LogP contribution in [0.4, 0.5) is 4.79 Å². The highest BCUT2D eigenvalue weighted by Crippen LogP contribution is 2.12. The highest BCUT2D eigenvalue weighted by molar-refractivity contribution is 5.74. The summed E-state index contributed by atoms with van der Waals surface area (Å²) >= 11 is 0. The van der Waals surface area contributed by atoms with Crippen LogP contribution in [-0.2, 0) is 0 Å². The molecule has 5 nitrogen and oxygen atoms in total. The lowest BCUT2D eigenvalue weighted by molar-refractivity contribution is -0.0712. The zero-order valence-corrected chi connectivity index (χ0v) is 5.69. The van der Waals surface area contributed by atoms with Crippen LogP contribution in [0, 0.1) is 0 Å². The van der Waals surface area contributed by atoms with Gasteiger partial charge in [-0.1, -0.05) is 6.92 Å². The van der Waals surface area contributed by atoms with Crippen molar-refractivity contribution in [3.8, 4) is 0 Å². The standard InChI is InChI=1S/C5H10N2O3/c1-2-4-3-6(9)5(8)7(4)10/h4,9-10H,2-3H2,1H3. The number of urea groups is 1. The van der Waals surface area contributed by atoms with E-state index in [9.17, 15) is 4.79 Å². The Morgan fingerprint density at radius 1 is 1.70 bits per heavy atom. The Kier molecular flexibility index (Phi) is 1.78. The van der Waals surface area contributed by atoms with Crippen LogP contribution in [0.3, 0.4) is 0 Å². The molecule has 0 spiro atoms. The Morgan fingerprint density at radius 3 is 2.50 bits per heavy atom. The molecule has 1 rings (SSSR count). The van der Waals surface area contributed by atoms with Crippen molar-refractivity contribution >= 4 is 6.03 Å². The number of hydrogen-bond acceptors (Lipinski definition) is 3. The minimum atomic E-state index is -0.744. The predicted octanol–water partition coefficient (Wildman–Crippen LogP) is 0.281. The average molecular weight is 146 g/mol. The van der Waals surface area contributed by atoms with Crippen molar-refractivity contribution < 1.29 is 15.2 Å². The van der Waals surface area contributed by atoms with Gasteiger partial charge in [0.25, 0.3) is 0 Å². The summed E-state index contributed by atoms with van der Waals surface area (Å²) < 4.78 is 0. The molecule has 2 amide bonds. The molecule has 0 bridgehead atoms. The molecule has 5 heteroatoms. The first-order valence-electron chi connectivity index (χ1n) is 3.15. The van der Waals surface area contributed by atoms with Gasteiger partial charge in [-0.3, -0.25) is 10.4 Å². The van der Waals surface area contributed by atoms with Gasteiger partial charge in [-0.2, -0.15) is 5.06 Å². The van der Waals surface area contributed by atoms with E-state index in [0.29, 0.717) is 16.5 Å². The Balaban J connectivity index is 2.61. The van der Waals surface area contributed by atoms with Crippen molar-refractivity contribution in [1.29, 1.82) is 0 Å². The van der Waals surface area contributed by atoms with Crippen molar-refractivity contribution in [1.82, 2.24) is 10.1 Å². The summed E-state index contributed by atoms with van der Waals surface area (Å²) in [6, 6.07) is -1.01. The van der Waals surface area contributed by atoms with E-state index in [0.717, 1.165) is 0 Å². The van der Waals surface area contributed by atoms with E-state index in [1.54, 1.807) is 0 Å². The Labute approximate surface area is 58.4 Å². The second kappa shape index (κ2) is 2.43. The van der Waals surface area contributed by atoms with Gasteiger partial charge in [0.15, 0.2) is 0 Å². The predicted molar refractivity (Wildman–Crippen MR) is 31.6 cm³/mol. The summed E-state index contributed by atoms with van der Waals surface area (Å²) in [5.74, 6) is 0. The van der Waals surface area contributed by atoms with E-state index in [1.807, 2.05) is 6.92 Å². The van der Waals surface area contributed by atoms with E-state index < -0.39 is 6.03 Å². The molecule has 1 unspecified atom stereocenters. The fraction of sp³-hybridized carbons (Fsp3) is 0.800. The third-order valence-corrected chi connectivity index (χ3v) is 1.62. The van der Waals surface area contributed by atoms with Crippen LogP contribution >= 0.6 is 0 Å². The topological polar surface area (TPSA) is 64.0 Å². The maximum absolute atomic E-state index is 10.6. The van der Waals surface area contributed by atoms with Crippen LogP contribution < -0.4 is 0 Å². The monoisotopic (exact) mass is 146 g/mol. The smallest absolute Gasteiger partial charge is 0.284 e. The molecule has 0 aromatic heterocycles. The second-order valence-electron chi connectivity index (χ2n) is 2.27. The number of hydrogen-bond donors (Lipinski definition) is 2. The zero-order valence-electron chi connectivity index (χ0n) is 5.69. The SMILES string of the molecule is CCC1CN(O)C(=O)N1O. The van der Waals surface area contributed by atoms with Crippen molar-refractivity contribution in [3.05, 3.63) is 0 Å². The summed E-state index contributed by atoms with van der Waals surface area (Å²) in [5, 5.41) is 18.7. The summed E-state index contributed by atoms with van der Waals surface area (Å²) in [7, 11) is 0. The van der Waals surface area contributed by atoms with Crippen LogP contribution in [0.25, 0.3) is 0 Å². The van der Waals surface area contributed by atoms with Crippen LogP contribution in [0.5, 0.6) is 0 Å².